The van der Waals surface area contributed by atoms with Gasteiger partial charge in [-0.25, -0.2) is 8.42 Å². The highest BCUT2D eigenvalue weighted by molar-refractivity contribution is 7.88. The van der Waals surface area contributed by atoms with Crippen molar-refractivity contribution in [3.8, 4) is 0 Å². The van der Waals surface area contributed by atoms with E-state index in [1.54, 1.807) is 12.3 Å². The molecule has 1 aliphatic heterocycles. The van der Waals surface area contributed by atoms with Gasteiger partial charge in [-0.1, -0.05) is 0 Å². The van der Waals surface area contributed by atoms with Crippen LogP contribution in [0.2, 0.25) is 0 Å². The molecule has 0 aliphatic carbocycles. The summed E-state index contributed by atoms with van der Waals surface area (Å²) in [6.07, 6.45) is 2.88. The molecule has 0 spiro atoms. The zero-order valence-electron chi connectivity index (χ0n) is 9.59. The molecule has 1 aliphatic rings. The van der Waals surface area contributed by atoms with Crippen molar-refractivity contribution >= 4 is 15.7 Å². The number of hydrogen-bond donors (Lipinski definition) is 1. The predicted octanol–water partition coefficient (Wildman–Crippen LogP) is -0.543. The Hall–Kier alpha value is -1.34. The Morgan fingerprint density at radius 1 is 1.18 bits per heavy atom. The third-order valence-electron chi connectivity index (χ3n) is 2.84. The van der Waals surface area contributed by atoms with Crippen LogP contribution in [0.3, 0.4) is 0 Å². The van der Waals surface area contributed by atoms with E-state index in [1.165, 1.54) is 16.6 Å². The first-order valence-corrected chi connectivity index (χ1v) is 7.20. The van der Waals surface area contributed by atoms with Crippen LogP contribution < -0.4 is 10.5 Å². The van der Waals surface area contributed by atoms with Gasteiger partial charge in [-0.05, 0) is 6.07 Å². The molecule has 2 heterocycles. The third-order valence-corrected chi connectivity index (χ3v) is 4.14. The maximum absolute atomic E-state index is 11.3. The Bertz CT molecular complexity index is 524. The highest BCUT2D eigenvalue weighted by Gasteiger charge is 2.23. The lowest BCUT2D eigenvalue weighted by atomic mass is 10.3. The van der Waals surface area contributed by atoms with Crippen LogP contribution in [0.5, 0.6) is 0 Å². The van der Waals surface area contributed by atoms with Gasteiger partial charge in [0, 0.05) is 38.4 Å². The third kappa shape index (κ3) is 2.86. The van der Waals surface area contributed by atoms with Gasteiger partial charge in [0.05, 0.1) is 11.9 Å². The lowest BCUT2D eigenvalue weighted by Crippen LogP contribution is -2.48. The number of aromatic nitrogens is 1. The number of nitrogens with one attached hydrogen (secondary N) is 1. The van der Waals surface area contributed by atoms with Crippen LogP contribution in [0.25, 0.3) is 0 Å². The largest absolute Gasteiger partial charge is 0.368 e. The van der Waals surface area contributed by atoms with Crippen molar-refractivity contribution < 1.29 is 8.42 Å². The highest BCUT2D eigenvalue weighted by Crippen LogP contribution is 2.14. The van der Waals surface area contributed by atoms with Gasteiger partial charge < -0.3 is 9.88 Å². The molecule has 0 bridgehead atoms. The summed E-state index contributed by atoms with van der Waals surface area (Å²) in [6.45, 7) is 2.24. The average molecular weight is 257 g/mol. The molecular formula is C10H15N3O3S. The van der Waals surface area contributed by atoms with Crippen molar-refractivity contribution in [3.05, 3.63) is 28.7 Å². The monoisotopic (exact) mass is 257 g/mol. The fourth-order valence-corrected chi connectivity index (χ4v) is 2.70. The molecule has 1 aromatic rings. The molecule has 7 heteroatoms. The number of piperazine rings is 1. The number of rotatable bonds is 2. The molecule has 94 valence electrons. The smallest absolute Gasteiger partial charge is 0.248 e. The highest BCUT2D eigenvalue weighted by atomic mass is 32.2. The Balaban J connectivity index is 2.04. The van der Waals surface area contributed by atoms with Crippen molar-refractivity contribution in [2.45, 2.75) is 0 Å². The first-order valence-electron chi connectivity index (χ1n) is 5.35. The van der Waals surface area contributed by atoms with E-state index in [0.717, 1.165) is 5.69 Å². The zero-order valence-corrected chi connectivity index (χ0v) is 10.4. The number of H-pyrrole nitrogens is 1. The standard InChI is InChI=1S/C10H15N3O3S/c1-17(15,16)13-6-4-12(5-7-13)9-2-3-10(14)11-8-9/h2-3,8H,4-7H2,1H3,(H,11,14). The van der Waals surface area contributed by atoms with Gasteiger partial charge in [-0.15, -0.1) is 0 Å². The topological polar surface area (TPSA) is 73.5 Å². The number of aromatic amines is 1. The summed E-state index contributed by atoms with van der Waals surface area (Å²) in [7, 11) is -3.09. The minimum absolute atomic E-state index is 0.136. The van der Waals surface area contributed by atoms with E-state index in [2.05, 4.69) is 9.88 Å². The minimum Gasteiger partial charge on any atom is -0.368 e. The van der Waals surface area contributed by atoms with E-state index in [1.807, 2.05) is 0 Å². The van der Waals surface area contributed by atoms with Crippen molar-refractivity contribution in [2.75, 3.05) is 37.3 Å². The Labute approximate surface area is 99.9 Å². The average Bonchev–Trinajstić information content (AvgIpc) is 2.29. The van der Waals surface area contributed by atoms with Crippen LogP contribution in [-0.4, -0.2) is 50.1 Å². The number of sulfonamides is 1. The summed E-state index contributed by atoms with van der Waals surface area (Å²) in [5.74, 6) is 0. The molecule has 0 saturated carbocycles. The molecule has 0 radical (unpaired) electrons. The Morgan fingerprint density at radius 2 is 1.82 bits per heavy atom. The molecule has 1 saturated heterocycles. The van der Waals surface area contributed by atoms with Gasteiger partial charge in [-0.3, -0.25) is 4.79 Å². The molecular weight excluding hydrogens is 242 g/mol. The van der Waals surface area contributed by atoms with Crippen LogP contribution in [-0.2, 0) is 10.0 Å². The van der Waals surface area contributed by atoms with E-state index in [4.69, 9.17) is 0 Å². The fourth-order valence-electron chi connectivity index (χ4n) is 1.88. The van der Waals surface area contributed by atoms with E-state index in [0.29, 0.717) is 26.2 Å². The summed E-state index contributed by atoms with van der Waals surface area (Å²) in [4.78, 5) is 15.6. The van der Waals surface area contributed by atoms with E-state index in [9.17, 15) is 13.2 Å². The molecule has 6 nitrogen and oxygen atoms in total. The number of nitrogens with zero attached hydrogens (tertiary/aromatic N) is 2. The molecule has 17 heavy (non-hydrogen) atoms. The zero-order chi connectivity index (χ0) is 12.5. The van der Waals surface area contributed by atoms with Crippen molar-refractivity contribution in [1.82, 2.24) is 9.29 Å². The second kappa shape index (κ2) is 4.50. The first-order chi connectivity index (χ1) is 7.97. The maximum Gasteiger partial charge on any atom is 0.248 e. The number of anilines is 1. The quantitative estimate of drug-likeness (QED) is 0.772. The van der Waals surface area contributed by atoms with Crippen LogP contribution in [0.15, 0.2) is 23.1 Å². The summed E-state index contributed by atoms with van der Waals surface area (Å²) in [5, 5.41) is 0. The molecule has 1 aromatic heterocycles. The molecule has 0 aromatic carbocycles. The van der Waals surface area contributed by atoms with E-state index in [-0.39, 0.29) is 5.56 Å². The van der Waals surface area contributed by atoms with Crippen LogP contribution in [0.1, 0.15) is 0 Å². The second-order valence-corrected chi connectivity index (χ2v) is 6.04. The fraction of sp³-hybridized carbons (Fsp3) is 0.500. The van der Waals surface area contributed by atoms with Gasteiger partial charge in [0.15, 0.2) is 0 Å². The van der Waals surface area contributed by atoms with Crippen molar-refractivity contribution in [2.24, 2.45) is 0 Å². The normalized spacial score (nSPS) is 18.3. The van der Waals surface area contributed by atoms with Gasteiger partial charge >= 0.3 is 0 Å². The van der Waals surface area contributed by atoms with E-state index >= 15 is 0 Å². The molecule has 0 amide bonds. The Morgan fingerprint density at radius 3 is 2.29 bits per heavy atom. The van der Waals surface area contributed by atoms with Crippen LogP contribution in [0.4, 0.5) is 5.69 Å². The second-order valence-electron chi connectivity index (χ2n) is 4.06. The van der Waals surface area contributed by atoms with Crippen LogP contribution >= 0.6 is 0 Å². The number of pyridine rings is 1. The summed E-state index contributed by atoms with van der Waals surface area (Å²) >= 11 is 0. The maximum atomic E-state index is 11.3. The van der Waals surface area contributed by atoms with Crippen LogP contribution in [0, 0.1) is 0 Å². The summed E-state index contributed by atoms with van der Waals surface area (Å²) in [5.41, 5.74) is 0.779. The molecule has 0 atom stereocenters. The summed E-state index contributed by atoms with van der Waals surface area (Å²) < 4.78 is 24.1. The molecule has 0 unspecified atom stereocenters. The minimum atomic E-state index is -3.09. The predicted molar refractivity (Wildman–Crippen MR) is 65.7 cm³/mol. The van der Waals surface area contributed by atoms with Crippen molar-refractivity contribution in [1.29, 1.82) is 0 Å². The SMILES string of the molecule is CS(=O)(=O)N1CCN(c2ccc(=O)[nH]c2)CC1. The van der Waals surface area contributed by atoms with Crippen molar-refractivity contribution in [3.63, 3.8) is 0 Å². The van der Waals surface area contributed by atoms with Gasteiger partial charge in [0.1, 0.15) is 0 Å². The van der Waals surface area contributed by atoms with Gasteiger partial charge in [0.25, 0.3) is 0 Å². The van der Waals surface area contributed by atoms with E-state index < -0.39 is 10.0 Å². The summed E-state index contributed by atoms with van der Waals surface area (Å²) in [6, 6.07) is 3.22. The molecule has 1 N–H and O–H groups in total. The lowest BCUT2D eigenvalue weighted by molar-refractivity contribution is 0.388. The van der Waals surface area contributed by atoms with Gasteiger partial charge in [-0.2, -0.15) is 4.31 Å². The Kier molecular flexibility index (Phi) is 3.21. The van der Waals surface area contributed by atoms with Gasteiger partial charge in [0.2, 0.25) is 15.6 Å². The number of hydrogen-bond acceptors (Lipinski definition) is 4. The lowest BCUT2D eigenvalue weighted by Gasteiger charge is -2.34. The first kappa shape index (κ1) is 12.1. The molecule has 2 rings (SSSR count). The molecule has 1 fully saturated rings.